The Hall–Kier alpha value is -0.710. The van der Waals surface area contributed by atoms with Crippen molar-refractivity contribution >= 4 is 27.3 Å². The van der Waals surface area contributed by atoms with E-state index in [4.69, 9.17) is 0 Å². The fraction of sp³-hybridized carbons (Fsp3) is 0.375. The van der Waals surface area contributed by atoms with E-state index in [0.717, 1.165) is 13.0 Å². The molecule has 3 rings (SSSR count). The van der Waals surface area contributed by atoms with E-state index >= 15 is 0 Å². The molecule has 0 spiro atoms. The molecule has 0 saturated heterocycles. The molecule has 0 bridgehead atoms. The molecule has 1 fully saturated rings. The van der Waals surface area contributed by atoms with E-state index in [1.807, 2.05) is 12.1 Å². The lowest BCUT2D eigenvalue weighted by Crippen LogP contribution is -2.24. The Bertz CT molecular complexity index is 562. The smallest absolute Gasteiger partial charge is 0.123 e. The third kappa shape index (κ3) is 3.90. The summed E-state index contributed by atoms with van der Waals surface area (Å²) in [5.74, 6) is 0.239. The number of rotatable bonds is 6. The van der Waals surface area contributed by atoms with E-state index in [2.05, 4.69) is 33.4 Å². The Kier molecular flexibility index (Phi) is 4.54. The van der Waals surface area contributed by atoms with E-state index in [0.29, 0.717) is 12.0 Å². The van der Waals surface area contributed by atoms with Crippen LogP contribution in [-0.4, -0.2) is 12.6 Å². The van der Waals surface area contributed by atoms with Gasteiger partial charge in [-0.3, -0.25) is 0 Å². The Morgan fingerprint density at radius 1 is 1.20 bits per heavy atom. The highest BCUT2D eigenvalue weighted by Gasteiger charge is 2.23. The van der Waals surface area contributed by atoms with Gasteiger partial charge in [-0.2, -0.15) is 0 Å². The van der Waals surface area contributed by atoms with Crippen LogP contribution in [0.15, 0.2) is 40.2 Å². The fourth-order valence-electron chi connectivity index (χ4n) is 2.34. The Balaban J connectivity index is 1.73. The minimum absolute atomic E-state index is 0.165. The number of hydrogen-bond donors (Lipinski definition) is 1. The van der Waals surface area contributed by atoms with Crippen molar-refractivity contribution in [3.05, 3.63) is 56.4 Å². The van der Waals surface area contributed by atoms with Crippen LogP contribution in [0.2, 0.25) is 0 Å². The van der Waals surface area contributed by atoms with E-state index in [1.165, 1.54) is 27.1 Å². The molecular weight excluding hydrogens is 337 g/mol. The quantitative estimate of drug-likeness (QED) is 0.791. The average molecular weight is 354 g/mol. The SMILES string of the molecule is Fc1ccc(C(CNC2CC2)Cc2ccc(Br)s2)cc1. The van der Waals surface area contributed by atoms with Crippen LogP contribution in [0.5, 0.6) is 0 Å². The van der Waals surface area contributed by atoms with Crippen molar-refractivity contribution in [2.45, 2.75) is 31.2 Å². The standard InChI is InChI=1S/C16H17BrFNS/c17-16-8-7-15(20-16)9-12(10-19-14-5-6-14)11-1-3-13(18)4-2-11/h1-4,7-8,12,14,19H,5-6,9-10H2. The predicted octanol–water partition coefficient (Wildman–Crippen LogP) is 4.73. The van der Waals surface area contributed by atoms with Crippen LogP contribution < -0.4 is 5.32 Å². The zero-order valence-corrected chi connectivity index (χ0v) is 13.5. The predicted molar refractivity (Wildman–Crippen MR) is 85.9 cm³/mol. The van der Waals surface area contributed by atoms with Gasteiger partial charge in [-0.15, -0.1) is 11.3 Å². The minimum atomic E-state index is -0.165. The maximum Gasteiger partial charge on any atom is 0.123 e. The summed E-state index contributed by atoms with van der Waals surface area (Å²) in [4.78, 5) is 1.36. The summed E-state index contributed by atoms with van der Waals surface area (Å²) in [7, 11) is 0. The van der Waals surface area contributed by atoms with Crippen LogP contribution in [0.4, 0.5) is 4.39 Å². The van der Waals surface area contributed by atoms with E-state index < -0.39 is 0 Å². The largest absolute Gasteiger partial charge is 0.313 e. The van der Waals surface area contributed by atoms with Crippen molar-refractivity contribution in [2.75, 3.05) is 6.54 Å². The first-order valence-electron chi connectivity index (χ1n) is 6.94. The van der Waals surface area contributed by atoms with E-state index in [-0.39, 0.29) is 5.82 Å². The lowest BCUT2D eigenvalue weighted by molar-refractivity contribution is 0.576. The molecule has 1 N–H and O–H groups in total. The lowest BCUT2D eigenvalue weighted by atomic mass is 9.95. The Morgan fingerprint density at radius 3 is 2.55 bits per heavy atom. The summed E-state index contributed by atoms with van der Waals surface area (Å²) in [5, 5.41) is 3.60. The second kappa shape index (κ2) is 6.37. The highest BCUT2D eigenvalue weighted by Crippen LogP contribution is 2.29. The number of hydrogen-bond acceptors (Lipinski definition) is 2. The van der Waals surface area contributed by atoms with Gasteiger partial charge in [0.1, 0.15) is 5.82 Å². The molecule has 1 aliphatic rings. The topological polar surface area (TPSA) is 12.0 Å². The number of halogens is 2. The third-order valence-corrected chi connectivity index (χ3v) is 5.29. The summed E-state index contributed by atoms with van der Waals surface area (Å²) in [6.07, 6.45) is 3.59. The average Bonchev–Trinajstić information content (AvgIpc) is 3.18. The molecule has 106 valence electrons. The highest BCUT2D eigenvalue weighted by atomic mass is 79.9. The molecule has 20 heavy (non-hydrogen) atoms. The number of nitrogens with one attached hydrogen (secondary N) is 1. The summed E-state index contributed by atoms with van der Waals surface area (Å²) in [6.45, 7) is 0.964. The summed E-state index contributed by atoms with van der Waals surface area (Å²) in [5.41, 5.74) is 1.21. The van der Waals surface area contributed by atoms with Crippen LogP contribution in [-0.2, 0) is 6.42 Å². The summed E-state index contributed by atoms with van der Waals surface area (Å²) >= 11 is 5.29. The maximum absolute atomic E-state index is 13.1. The molecule has 2 aromatic rings. The monoisotopic (exact) mass is 353 g/mol. The zero-order valence-electron chi connectivity index (χ0n) is 11.1. The van der Waals surface area contributed by atoms with Gasteiger partial charge in [0, 0.05) is 23.4 Å². The second-order valence-corrected chi connectivity index (χ2v) is 7.89. The highest BCUT2D eigenvalue weighted by molar-refractivity contribution is 9.11. The van der Waals surface area contributed by atoms with Crippen molar-refractivity contribution < 1.29 is 4.39 Å². The number of benzene rings is 1. The molecule has 1 nitrogen and oxygen atoms in total. The van der Waals surface area contributed by atoms with Gasteiger partial charge in [0.05, 0.1) is 3.79 Å². The van der Waals surface area contributed by atoms with Gasteiger partial charge in [-0.1, -0.05) is 12.1 Å². The molecule has 1 aromatic heterocycles. The lowest BCUT2D eigenvalue weighted by Gasteiger charge is -2.17. The van der Waals surface area contributed by atoms with E-state index in [9.17, 15) is 4.39 Å². The normalized spacial score (nSPS) is 16.3. The minimum Gasteiger partial charge on any atom is -0.313 e. The first-order chi connectivity index (χ1) is 9.70. The zero-order chi connectivity index (χ0) is 13.9. The Morgan fingerprint density at radius 2 is 1.95 bits per heavy atom. The molecule has 0 radical (unpaired) electrons. The van der Waals surface area contributed by atoms with Crippen LogP contribution in [0.1, 0.15) is 29.2 Å². The van der Waals surface area contributed by atoms with Crippen LogP contribution in [0.25, 0.3) is 0 Å². The fourth-order valence-corrected chi connectivity index (χ4v) is 3.91. The van der Waals surface area contributed by atoms with Crippen LogP contribution >= 0.6 is 27.3 Å². The van der Waals surface area contributed by atoms with Crippen LogP contribution in [0.3, 0.4) is 0 Å². The second-order valence-electron chi connectivity index (χ2n) is 5.34. The van der Waals surface area contributed by atoms with Crippen molar-refractivity contribution in [1.82, 2.24) is 5.32 Å². The molecule has 1 aliphatic carbocycles. The molecule has 1 unspecified atom stereocenters. The molecule has 0 aliphatic heterocycles. The molecular formula is C16H17BrFNS. The van der Waals surface area contributed by atoms with E-state index in [1.54, 1.807) is 23.5 Å². The van der Waals surface area contributed by atoms with Gasteiger partial charge in [-0.05, 0) is 65.0 Å². The van der Waals surface area contributed by atoms with Gasteiger partial charge in [-0.25, -0.2) is 4.39 Å². The molecule has 4 heteroatoms. The molecule has 1 saturated carbocycles. The maximum atomic E-state index is 13.1. The van der Waals surface area contributed by atoms with Crippen molar-refractivity contribution in [1.29, 1.82) is 0 Å². The van der Waals surface area contributed by atoms with Gasteiger partial charge in [0.15, 0.2) is 0 Å². The van der Waals surface area contributed by atoms with Crippen molar-refractivity contribution in [3.8, 4) is 0 Å². The number of thiophene rings is 1. The van der Waals surface area contributed by atoms with Crippen molar-refractivity contribution in [2.24, 2.45) is 0 Å². The summed E-state index contributed by atoms with van der Waals surface area (Å²) < 4.78 is 14.3. The van der Waals surface area contributed by atoms with Crippen LogP contribution in [0, 0.1) is 5.82 Å². The van der Waals surface area contributed by atoms with Gasteiger partial charge >= 0.3 is 0 Å². The van der Waals surface area contributed by atoms with Crippen molar-refractivity contribution in [3.63, 3.8) is 0 Å². The first-order valence-corrected chi connectivity index (χ1v) is 8.55. The summed E-state index contributed by atoms with van der Waals surface area (Å²) in [6, 6.07) is 11.9. The third-order valence-electron chi connectivity index (χ3n) is 3.65. The molecule has 1 atom stereocenters. The molecule has 0 amide bonds. The van der Waals surface area contributed by atoms with Gasteiger partial charge in [0.25, 0.3) is 0 Å². The molecule has 1 heterocycles. The van der Waals surface area contributed by atoms with Gasteiger partial charge in [0.2, 0.25) is 0 Å². The van der Waals surface area contributed by atoms with Gasteiger partial charge < -0.3 is 5.32 Å². The molecule has 1 aromatic carbocycles. The Labute approximate surface area is 131 Å². The first kappa shape index (κ1) is 14.2.